The molecule has 1 N–H and O–H groups in total. The highest BCUT2D eigenvalue weighted by Gasteiger charge is 2.20. The summed E-state index contributed by atoms with van der Waals surface area (Å²) in [5, 5.41) is 3.13. The summed E-state index contributed by atoms with van der Waals surface area (Å²) in [5.74, 6) is 6.64. The van der Waals surface area contributed by atoms with Gasteiger partial charge in [-0.15, -0.1) is 5.92 Å². The molecule has 0 aromatic carbocycles. The Hall–Kier alpha value is -1.27. The van der Waals surface area contributed by atoms with Crippen LogP contribution in [-0.2, 0) is 4.79 Å². The molecule has 0 atom stereocenters. The fraction of sp³-hybridized carbons (Fsp3) is 0.722. The first-order valence-electron chi connectivity index (χ1n) is 8.37. The van der Waals surface area contributed by atoms with Crippen LogP contribution in [0.3, 0.4) is 0 Å². The minimum absolute atomic E-state index is 0.274. The maximum atomic E-state index is 12.1. The van der Waals surface area contributed by atoms with Crippen molar-refractivity contribution in [3.63, 3.8) is 0 Å². The van der Waals surface area contributed by atoms with E-state index in [1.807, 2.05) is 6.92 Å². The molecule has 1 heterocycles. The number of nitrogens with one attached hydrogen (secondary N) is 1. The first-order chi connectivity index (χ1) is 10.3. The molecule has 1 fully saturated rings. The average Bonchev–Trinajstić information content (AvgIpc) is 2.54. The lowest BCUT2D eigenvalue weighted by Gasteiger charge is -2.26. The van der Waals surface area contributed by atoms with Crippen LogP contribution in [0.1, 0.15) is 51.9 Å². The molecule has 2 rings (SSSR count). The SMILES string of the molecule is CC#CCN1CCC=C(CCNC(=O)C2CCCCC2)C1. The van der Waals surface area contributed by atoms with Gasteiger partial charge in [0, 0.05) is 25.6 Å². The van der Waals surface area contributed by atoms with Gasteiger partial charge in [0.2, 0.25) is 5.91 Å². The summed E-state index contributed by atoms with van der Waals surface area (Å²) < 4.78 is 0. The average molecular weight is 288 g/mol. The number of rotatable bonds is 5. The highest BCUT2D eigenvalue weighted by Crippen LogP contribution is 2.23. The topological polar surface area (TPSA) is 32.3 Å². The van der Waals surface area contributed by atoms with Crippen LogP contribution >= 0.6 is 0 Å². The summed E-state index contributed by atoms with van der Waals surface area (Å²) in [6, 6.07) is 0. The van der Waals surface area contributed by atoms with Gasteiger partial charge in [0.1, 0.15) is 0 Å². The van der Waals surface area contributed by atoms with Crippen molar-refractivity contribution in [2.24, 2.45) is 5.92 Å². The van der Waals surface area contributed by atoms with E-state index in [2.05, 4.69) is 28.1 Å². The maximum Gasteiger partial charge on any atom is 0.223 e. The van der Waals surface area contributed by atoms with Crippen LogP contribution in [0, 0.1) is 17.8 Å². The quantitative estimate of drug-likeness (QED) is 0.623. The van der Waals surface area contributed by atoms with E-state index in [4.69, 9.17) is 0 Å². The van der Waals surface area contributed by atoms with Crippen LogP contribution in [0.25, 0.3) is 0 Å². The third-order valence-electron chi connectivity index (χ3n) is 4.51. The monoisotopic (exact) mass is 288 g/mol. The van der Waals surface area contributed by atoms with Crippen molar-refractivity contribution in [3.8, 4) is 11.8 Å². The molecule has 0 aromatic heterocycles. The fourth-order valence-corrected chi connectivity index (χ4v) is 3.24. The molecular formula is C18H28N2O. The standard InChI is InChI=1S/C18H28N2O/c1-2-3-13-20-14-7-8-16(15-20)11-12-19-18(21)17-9-5-4-6-10-17/h8,17H,4-7,9-15H2,1H3,(H,19,21). The van der Waals surface area contributed by atoms with Gasteiger partial charge in [-0.2, -0.15) is 0 Å². The predicted octanol–water partition coefficient (Wildman–Crippen LogP) is 2.73. The van der Waals surface area contributed by atoms with Crippen molar-refractivity contribution in [1.29, 1.82) is 0 Å². The van der Waals surface area contributed by atoms with Gasteiger partial charge in [-0.1, -0.05) is 36.8 Å². The molecule has 1 aliphatic heterocycles. The lowest BCUT2D eigenvalue weighted by Crippen LogP contribution is -2.34. The fourth-order valence-electron chi connectivity index (χ4n) is 3.24. The van der Waals surface area contributed by atoms with Crippen molar-refractivity contribution >= 4 is 5.91 Å². The van der Waals surface area contributed by atoms with E-state index in [0.29, 0.717) is 0 Å². The summed E-state index contributed by atoms with van der Waals surface area (Å²) in [5.41, 5.74) is 1.45. The number of carbonyl (C=O) groups is 1. The maximum absolute atomic E-state index is 12.1. The molecule has 1 saturated carbocycles. The Kier molecular flexibility index (Phi) is 6.82. The van der Waals surface area contributed by atoms with Gasteiger partial charge in [-0.05, 0) is 32.6 Å². The minimum Gasteiger partial charge on any atom is -0.356 e. The van der Waals surface area contributed by atoms with Crippen molar-refractivity contribution in [3.05, 3.63) is 11.6 Å². The van der Waals surface area contributed by atoms with E-state index in [0.717, 1.165) is 51.9 Å². The summed E-state index contributed by atoms with van der Waals surface area (Å²) >= 11 is 0. The Morgan fingerprint density at radius 2 is 2.19 bits per heavy atom. The summed E-state index contributed by atoms with van der Waals surface area (Å²) in [6.07, 6.45) is 10.3. The minimum atomic E-state index is 0.274. The smallest absolute Gasteiger partial charge is 0.223 e. The molecule has 1 aliphatic carbocycles. The first-order valence-corrected chi connectivity index (χ1v) is 8.37. The Balaban J connectivity index is 1.66. The van der Waals surface area contributed by atoms with Crippen molar-refractivity contribution in [2.45, 2.75) is 51.9 Å². The number of hydrogen-bond acceptors (Lipinski definition) is 2. The number of amides is 1. The lowest BCUT2D eigenvalue weighted by atomic mass is 9.88. The van der Waals surface area contributed by atoms with E-state index in [-0.39, 0.29) is 11.8 Å². The zero-order valence-electron chi connectivity index (χ0n) is 13.3. The van der Waals surface area contributed by atoms with Crippen molar-refractivity contribution in [1.82, 2.24) is 10.2 Å². The van der Waals surface area contributed by atoms with Gasteiger partial charge in [-0.3, -0.25) is 9.69 Å². The normalized spacial score (nSPS) is 20.3. The molecule has 3 heteroatoms. The molecule has 3 nitrogen and oxygen atoms in total. The third-order valence-corrected chi connectivity index (χ3v) is 4.51. The molecule has 116 valence electrons. The molecule has 0 radical (unpaired) electrons. The Bertz CT molecular complexity index is 424. The molecule has 21 heavy (non-hydrogen) atoms. The second-order valence-electron chi connectivity index (χ2n) is 6.16. The highest BCUT2D eigenvalue weighted by atomic mass is 16.1. The molecule has 2 aliphatic rings. The van der Waals surface area contributed by atoms with E-state index in [1.165, 1.54) is 24.8 Å². The lowest BCUT2D eigenvalue weighted by molar-refractivity contribution is -0.125. The zero-order valence-corrected chi connectivity index (χ0v) is 13.3. The van der Waals surface area contributed by atoms with E-state index >= 15 is 0 Å². The van der Waals surface area contributed by atoms with Gasteiger partial charge >= 0.3 is 0 Å². The zero-order chi connectivity index (χ0) is 14.9. The van der Waals surface area contributed by atoms with Crippen LogP contribution in [0.5, 0.6) is 0 Å². The van der Waals surface area contributed by atoms with E-state index in [9.17, 15) is 4.79 Å². The second-order valence-corrected chi connectivity index (χ2v) is 6.16. The number of hydrogen-bond donors (Lipinski definition) is 1. The summed E-state index contributed by atoms with van der Waals surface area (Å²) in [7, 11) is 0. The Labute approximate surface area is 129 Å². The molecule has 0 unspecified atom stereocenters. The largest absolute Gasteiger partial charge is 0.356 e. The molecule has 1 amide bonds. The molecule has 0 bridgehead atoms. The van der Waals surface area contributed by atoms with Crippen LogP contribution in [0.2, 0.25) is 0 Å². The number of nitrogens with zero attached hydrogens (tertiary/aromatic N) is 1. The second kappa shape index (κ2) is 8.89. The molecule has 0 aromatic rings. The predicted molar refractivity (Wildman–Crippen MR) is 86.8 cm³/mol. The van der Waals surface area contributed by atoms with Crippen molar-refractivity contribution < 1.29 is 4.79 Å². The van der Waals surface area contributed by atoms with Crippen LogP contribution < -0.4 is 5.32 Å². The Morgan fingerprint density at radius 1 is 1.38 bits per heavy atom. The Morgan fingerprint density at radius 3 is 2.95 bits per heavy atom. The van der Waals surface area contributed by atoms with E-state index in [1.54, 1.807) is 0 Å². The van der Waals surface area contributed by atoms with Gasteiger partial charge in [0.15, 0.2) is 0 Å². The third kappa shape index (κ3) is 5.55. The van der Waals surface area contributed by atoms with Gasteiger partial charge in [0.05, 0.1) is 6.54 Å². The summed E-state index contributed by atoms with van der Waals surface area (Å²) in [6.45, 7) is 5.65. The molecular weight excluding hydrogens is 260 g/mol. The number of carbonyl (C=O) groups excluding carboxylic acids is 1. The van der Waals surface area contributed by atoms with Gasteiger partial charge < -0.3 is 5.32 Å². The van der Waals surface area contributed by atoms with Crippen LogP contribution in [-0.4, -0.2) is 37.0 Å². The van der Waals surface area contributed by atoms with Crippen LogP contribution in [0.15, 0.2) is 11.6 Å². The highest BCUT2D eigenvalue weighted by molar-refractivity contribution is 5.78. The van der Waals surface area contributed by atoms with Crippen LogP contribution in [0.4, 0.5) is 0 Å². The molecule has 0 spiro atoms. The van der Waals surface area contributed by atoms with E-state index < -0.39 is 0 Å². The van der Waals surface area contributed by atoms with Gasteiger partial charge in [-0.25, -0.2) is 0 Å². The summed E-state index contributed by atoms with van der Waals surface area (Å²) in [4.78, 5) is 14.5. The molecule has 0 saturated heterocycles. The van der Waals surface area contributed by atoms with Gasteiger partial charge in [0.25, 0.3) is 0 Å². The first kappa shape index (κ1) is 16.1. The van der Waals surface area contributed by atoms with Crippen molar-refractivity contribution in [2.75, 3.05) is 26.2 Å².